The Hall–Kier alpha value is -0.640. The smallest absolute Gasteiger partial charge is 0.130 e. The van der Waals surface area contributed by atoms with Crippen LogP contribution in [0.25, 0.3) is 0 Å². The van der Waals surface area contributed by atoms with Gasteiger partial charge in [0.05, 0.1) is 6.10 Å². The summed E-state index contributed by atoms with van der Waals surface area (Å²) in [4.78, 5) is 0. The summed E-state index contributed by atoms with van der Waals surface area (Å²) in [6, 6.07) is 4.39. The van der Waals surface area contributed by atoms with Crippen LogP contribution < -0.4 is 5.32 Å². The Morgan fingerprint density at radius 1 is 1.56 bits per heavy atom. The number of nitrogens with one attached hydrogen (secondary N) is 1. The van der Waals surface area contributed by atoms with E-state index in [0.717, 1.165) is 25.8 Å². The Labute approximate surface area is 112 Å². The first-order valence-electron chi connectivity index (χ1n) is 6.48. The summed E-state index contributed by atoms with van der Waals surface area (Å²) in [6.45, 7) is 3.02. The van der Waals surface area contributed by atoms with Crippen molar-refractivity contribution in [2.24, 2.45) is 5.92 Å². The second kappa shape index (κ2) is 6.00. The lowest BCUT2D eigenvalue weighted by atomic mass is 9.86. The maximum absolute atomic E-state index is 13.8. The lowest BCUT2D eigenvalue weighted by molar-refractivity contribution is 0.0949. The van der Waals surface area contributed by atoms with Crippen molar-refractivity contribution in [3.8, 4) is 0 Å². The van der Waals surface area contributed by atoms with Gasteiger partial charge in [-0.25, -0.2) is 4.39 Å². The van der Waals surface area contributed by atoms with E-state index in [1.807, 2.05) is 0 Å². The Balaban J connectivity index is 2.17. The summed E-state index contributed by atoms with van der Waals surface area (Å²) in [5.41, 5.74) is 0.216. The predicted molar refractivity (Wildman–Crippen MR) is 71.2 cm³/mol. The van der Waals surface area contributed by atoms with Crippen LogP contribution >= 0.6 is 11.6 Å². The van der Waals surface area contributed by atoms with E-state index >= 15 is 0 Å². The summed E-state index contributed by atoms with van der Waals surface area (Å²) in [7, 11) is 0. The minimum Gasteiger partial charge on any atom is -0.387 e. The topological polar surface area (TPSA) is 32.3 Å². The molecule has 0 bridgehead atoms. The lowest BCUT2D eigenvalue weighted by Gasteiger charge is -2.33. The van der Waals surface area contributed by atoms with Crippen molar-refractivity contribution >= 4 is 11.6 Å². The molecule has 2 rings (SSSR count). The number of aliphatic hydroxyl groups is 1. The zero-order valence-corrected chi connectivity index (χ0v) is 11.3. The number of aliphatic hydroxyl groups excluding tert-OH is 1. The molecule has 2 N–H and O–H groups in total. The summed E-state index contributed by atoms with van der Waals surface area (Å²) >= 11 is 5.99. The maximum Gasteiger partial charge on any atom is 0.130 e. The predicted octanol–water partition coefficient (Wildman–Crippen LogP) is 3.29. The van der Waals surface area contributed by atoms with Crippen LogP contribution in [0.1, 0.15) is 37.9 Å². The molecule has 1 aromatic carbocycles. The minimum absolute atomic E-state index is 0.113. The van der Waals surface area contributed by atoms with Crippen molar-refractivity contribution in [2.45, 2.75) is 38.3 Å². The number of rotatable bonds is 3. The molecule has 0 aliphatic carbocycles. The summed E-state index contributed by atoms with van der Waals surface area (Å²) in [5, 5.41) is 13.9. The average molecular weight is 272 g/mol. The molecule has 3 unspecified atom stereocenters. The quantitative estimate of drug-likeness (QED) is 0.884. The van der Waals surface area contributed by atoms with Crippen LogP contribution in [0.5, 0.6) is 0 Å². The number of halogens is 2. The van der Waals surface area contributed by atoms with Crippen LogP contribution in [-0.2, 0) is 0 Å². The van der Waals surface area contributed by atoms with Gasteiger partial charge < -0.3 is 10.4 Å². The van der Waals surface area contributed by atoms with E-state index < -0.39 is 11.9 Å². The number of hydrogen-bond acceptors (Lipinski definition) is 2. The molecule has 1 aliphatic heterocycles. The van der Waals surface area contributed by atoms with E-state index in [1.54, 1.807) is 12.1 Å². The highest BCUT2D eigenvalue weighted by Gasteiger charge is 2.29. The molecule has 2 nitrogen and oxygen atoms in total. The van der Waals surface area contributed by atoms with Gasteiger partial charge in [0.25, 0.3) is 0 Å². The van der Waals surface area contributed by atoms with Gasteiger partial charge in [0, 0.05) is 16.6 Å². The van der Waals surface area contributed by atoms with E-state index in [-0.39, 0.29) is 11.6 Å². The number of benzene rings is 1. The van der Waals surface area contributed by atoms with Crippen LogP contribution in [0.2, 0.25) is 5.02 Å². The largest absolute Gasteiger partial charge is 0.387 e. The molecule has 1 aliphatic rings. The number of piperidine rings is 1. The first kappa shape index (κ1) is 13.8. The maximum atomic E-state index is 13.8. The second-order valence-electron chi connectivity index (χ2n) is 4.94. The highest BCUT2D eigenvalue weighted by molar-refractivity contribution is 6.31. The summed E-state index contributed by atoms with van der Waals surface area (Å²) < 4.78 is 13.8. The molecule has 0 radical (unpaired) electrons. The van der Waals surface area contributed by atoms with E-state index in [2.05, 4.69) is 12.2 Å². The third-order valence-corrected chi connectivity index (χ3v) is 4.13. The number of hydrogen-bond donors (Lipinski definition) is 2. The SMILES string of the molecule is CCC1CCNC(C(O)c2c(F)cccc2Cl)C1. The van der Waals surface area contributed by atoms with Crippen LogP contribution in [0, 0.1) is 11.7 Å². The molecule has 18 heavy (non-hydrogen) atoms. The molecule has 0 spiro atoms. The van der Waals surface area contributed by atoms with Crippen molar-refractivity contribution in [3.05, 3.63) is 34.6 Å². The van der Waals surface area contributed by atoms with Gasteiger partial charge in [-0.15, -0.1) is 0 Å². The van der Waals surface area contributed by atoms with Gasteiger partial charge >= 0.3 is 0 Å². The van der Waals surface area contributed by atoms with Gasteiger partial charge in [0.2, 0.25) is 0 Å². The molecule has 0 aromatic heterocycles. The van der Waals surface area contributed by atoms with Crippen molar-refractivity contribution in [3.63, 3.8) is 0 Å². The average Bonchev–Trinajstić information content (AvgIpc) is 2.38. The first-order chi connectivity index (χ1) is 8.63. The van der Waals surface area contributed by atoms with E-state index in [4.69, 9.17) is 11.6 Å². The van der Waals surface area contributed by atoms with Gasteiger partial charge in [0.15, 0.2) is 0 Å². The Morgan fingerprint density at radius 2 is 2.33 bits per heavy atom. The van der Waals surface area contributed by atoms with E-state index in [0.29, 0.717) is 10.9 Å². The van der Waals surface area contributed by atoms with Crippen LogP contribution in [0.4, 0.5) is 4.39 Å². The summed E-state index contributed by atoms with van der Waals surface area (Å²) in [6.07, 6.45) is 2.19. The van der Waals surface area contributed by atoms with Crippen LogP contribution in [0.15, 0.2) is 18.2 Å². The molecular weight excluding hydrogens is 253 g/mol. The monoisotopic (exact) mass is 271 g/mol. The van der Waals surface area contributed by atoms with E-state index in [1.165, 1.54) is 6.07 Å². The standard InChI is InChI=1S/C14H19ClFNO/c1-2-9-6-7-17-12(8-9)14(18)13-10(15)4-3-5-11(13)16/h3-5,9,12,14,17-18H,2,6-8H2,1H3. The molecule has 100 valence electrons. The van der Waals surface area contributed by atoms with Gasteiger partial charge in [-0.05, 0) is 37.4 Å². The lowest BCUT2D eigenvalue weighted by Crippen LogP contribution is -2.42. The summed E-state index contributed by atoms with van der Waals surface area (Å²) in [5.74, 6) is 0.159. The third-order valence-electron chi connectivity index (χ3n) is 3.80. The van der Waals surface area contributed by atoms with Crippen LogP contribution in [-0.4, -0.2) is 17.7 Å². The Kier molecular flexibility index (Phi) is 4.60. The first-order valence-corrected chi connectivity index (χ1v) is 6.86. The highest BCUT2D eigenvalue weighted by Crippen LogP contribution is 2.32. The van der Waals surface area contributed by atoms with Crippen LogP contribution in [0.3, 0.4) is 0 Å². The van der Waals surface area contributed by atoms with Crippen molar-refractivity contribution in [2.75, 3.05) is 6.54 Å². The third kappa shape index (κ3) is 2.85. The van der Waals surface area contributed by atoms with Crippen molar-refractivity contribution in [1.29, 1.82) is 0 Å². The highest BCUT2D eigenvalue weighted by atomic mass is 35.5. The fourth-order valence-corrected chi connectivity index (χ4v) is 2.91. The Bertz CT molecular complexity index is 393. The van der Waals surface area contributed by atoms with Gasteiger partial charge in [-0.2, -0.15) is 0 Å². The molecule has 3 atom stereocenters. The minimum atomic E-state index is -0.881. The zero-order valence-electron chi connectivity index (χ0n) is 10.5. The Morgan fingerprint density at radius 3 is 3.00 bits per heavy atom. The molecule has 1 heterocycles. The van der Waals surface area contributed by atoms with Gasteiger partial charge in [0.1, 0.15) is 5.82 Å². The van der Waals surface area contributed by atoms with E-state index in [9.17, 15) is 9.50 Å². The molecule has 1 fully saturated rings. The van der Waals surface area contributed by atoms with Crippen molar-refractivity contribution < 1.29 is 9.50 Å². The molecule has 0 saturated carbocycles. The van der Waals surface area contributed by atoms with Gasteiger partial charge in [-0.1, -0.05) is 31.0 Å². The molecule has 0 amide bonds. The molecule has 1 aromatic rings. The normalized spacial score (nSPS) is 26.0. The fraction of sp³-hybridized carbons (Fsp3) is 0.571. The fourth-order valence-electron chi connectivity index (χ4n) is 2.64. The van der Waals surface area contributed by atoms with Crippen molar-refractivity contribution in [1.82, 2.24) is 5.32 Å². The second-order valence-corrected chi connectivity index (χ2v) is 5.35. The van der Waals surface area contributed by atoms with Gasteiger partial charge in [-0.3, -0.25) is 0 Å². The molecule has 4 heteroatoms. The molecule has 1 saturated heterocycles. The molecular formula is C14H19ClFNO. The zero-order chi connectivity index (χ0) is 13.1.